The Kier molecular flexibility index (Phi) is 3.68. The van der Waals surface area contributed by atoms with Crippen LogP contribution in [0, 0.1) is 18.3 Å². The lowest BCUT2D eigenvalue weighted by Crippen LogP contribution is -2.46. The molecular formula is C17H25N3. The molecule has 2 fully saturated rings. The minimum atomic E-state index is 0.170. The number of aryl methyl sites for hydroxylation is 1. The number of anilines is 1. The molecule has 2 atom stereocenters. The Labute approximate surface area is 121 Å². The summed E-state index contributed by atoms with van der Waals surface area (Å²) in [4.78, 5) is 2.62. The average molecular weight is 271 g/mol. The SMILES string of the molecule is Cc1cc(N2CCC[C@H]3CCCC[C@H]32)ccc1C(=N)N. The molecule has 3 N–H and O–H groups in total. The minimum absolute atomic E-state index is 0.170. The van der Waals surface area contributed by atoms with E-state index in [0.29, 0.717) is 0 Å². The van der Waals surface area contributed by atoms with Crippen LogP contribution >= 0.6 is 0 Å². The Bertz CT molecular complexity index is 507. The van der Waals surface area contributed by atoms with E-state index < -0.39 is 0 Å². The molecule has 0 unspecified atom stereocenters. The van der Waals surface area contributed by atoms with Gasteiger partial charge in [0.2, 0.25) is 0 Å². The Morgan fingerprint density at radius 1 is 1.20 bits per heavy atom. The Morgan fingerprint density at radius 2 is 1.95 bits per heavy atom. The van der Waals surface area contributed by atoms with Crippen LogP contribution in [-0.2, 0) is 0 Å². The second-order valence-electron chi connectivity index (χ2n) is 6.36. The van der Waals surface area contributed by atoms with E-state index >= 15 is 0 Å². The predicted octanol–water partition coefficient (Wildman–Crippen LogP) is 3.44. The van der Waals surface area contributed by atoms with Crippen LogP contribution in [0.15, 0.2) is 18.2 Å². The van der Waals surface area contributed by atoms with Crippen molar-refractivity contribution < 1.29 is 0 Å². The molecule has 3 heteroatoms. The first kappa shape index (κ1) is 13.5. The highest BCUT2D eigenvalue weighted by atomic mass is 15.2. The second kappa shape index (κ2) is 5.47. The predicted molar refractivity (Wildman–Crippen MR) is 84.5 cm³/mol. The molecule has 1 aliphatic heterocycles. The van der Waals surface area contributed by atoms with Crippen molar-refractivity contribution in [3.05, 3.63) is 29.3 Å². The van der Waals surface area contributed by atoms with E-state index in [2.05, 4.69) is 24.0 Å². The summed E-state index contributed by atoms with van der Waals surface area (Å²) in [6, 6.07) is 7.12. The zero-order valence-electron chi connectivity index (χ0n) is 12.4. The molecule has 0 bridgehead atoms. The van der Waals surface area contributed by atoms with Gasteiger partial charge in [-0.2, -0.15) is 0 Å². The van der Waals surface area contributed by atoms with E-state index in [0.717, 1.165) is 23.1 Å². The molecule has 1 saturated heterocycles. The van der Waals surface area contributed by atoms with Crippen molar-refractivity contribution in [3.63, 3.8) is 0 Å². The van der Waals surface area contributed by atoms with Crippen molar-refractivity contribution >= 4 is 11.5 Å². The molecule has 2 aliphatic rings. The van der Waals surface area contributed by atoms with E-state index in [-0.39, 0.29) is 5.84 Å². The number of piperidine rings is 1. The maximum Gasteiger partial charge on any atom is 0.123 e. The van der Waals surface area contributed by atoms with E-state index in [9.17, 15) is 0 Å². The van der Waals surface area contributed by atoms with Crippen molar-refractivity contribution in [1.82, 2.24) is 0 Å². The summed E-state index contributed by atoms with van der Waals surface area (Å²) in [7, 11) is 0. The molecule has 108 valence electrons. The van der Waals surface area contributed by atoms with Crippen molar-refractivity contribution in [2.45, 2.75) is 51.5 Å². The van der Waals surface area contributed by atoms with Crippen LogP contribution in [0.3, 0.4) is 0 Å². The summed E-state index contributed by atoms with van der Waals surface area (Å²) in [5.74, 6) is 1.06. The van der Waals surface area contributed by atoms with Gasteiger partial charge in [0.25, 0.3) is 0 Å². The van der Waals surface area contributed by atoms with Gasteiger partial charge in [0, 0.05) is 23.8 Å². The van der Waals surface area contributed by atoms with E-state index in [1.54, 1.807) is 0 Å². The summed E-state index contributed by atoms with van der Waals surface area (Å²) in [6.45, 7) is 3.24. The van der Waals surface area contributed by atoms with Crippen LogP contribution in [0.2, 0.25) is 0 Å². The number of nitrogens with one attached hydrogen (secondary N) is 1. The van der Waals surface area contributed by atoms with E-state index in [4.69, 9.17) is 11.1 Å². The lowest BCUT2D eigenvalue weighted by atomic mass is 9.78. The lowest BCUT2D eigenvalue weighted by Gasteiger charge is -2.45. The van der Waals surface area contributed by atoms with Crippen molar-refractivity contribution in [2.75, 3.05) is 11.4 Å². The summed E-state index contributed by atoms with van der Waals surface area (Å²) >= 11 is 0. The highest BCUT2D eigenvalue weighted by Gasteiger charge is 2.33. The molecule has 0 aromatic heterocycles. The van der Waals surface area contributed by atoms with Gasteiger partial charge in [-0.15, -0.1) is 0 Å². The molecule has 1 saturated carbocycles. The van der Waals surface area contributed by atoms with Crippen molar-refractivity contribution in [1.29, 1.82) is 5.41 Å². The monoisotopic (exact) mass is 271 g/mol. The number of amidine groups is 1. The molecule has 1 aromatic rings. The van der Waals surface area contributed by atoms with E-state index in [1.807, 2.05) is 6.07 Å². The third kappa shape index (κ3) is 2.41. The number of benzene rings is 1. The van der Waals surface area contributed by atoms with Gasteiger partial charge in [0.1, 0.15) is 5.84 Å². The smallest absolute Gasteiger partial charge is 0.123 e. The van der Waals surface area contributed by atoms with Gasteiger partial charge in [-0.1, -0.05) is 12.8 Å². The first-order valence-electron chi connectivity index (χ1n) is 7.88. The fourth-order valence-corrected chi connectivity index (χ4v) is 4.07. The molecule has 1 aromatic carbocycles. The number of fused-ring (bicyclic) bond motifs is 1. The van der Waals surface area contributed by atoms with Crippen LogP contribution in [0.1, 0.15) is 49.7 Å². The number of nitrogen functional groups attached to an aromatic ring is 1. The number of nitrogens with zero attached hydrogens (tertiary/aromatic N) is 1. The van der Waals surface area contributed by atoms with E-state index in [1.165, 1.54) is 50.8 Å². The number of hydrogen-bond donors (Lipinski definition) is 2. The molecule has 20 heavy (non-hydrogen) atoms. The first-order chi connectivity index (χ1) is 9.66. The van der Waals surface area contributed by atoms with Gasteiger partial charge in [0.05, 0.1) is 0 Å². The van der Waals surface area contributed by atoms with Gasteiger partial charge in [-0.25, -0.2) is 0 Å². The third-order valence-electron chi connectivity index (χ3n) is 5.08. The van der Waals surface area contributed by atoms with Gasteiger partial charge in [-0.3, -0.25) is 5.41 Å². The molecule has 0 amide bonds. The topological polar surface area (TPSA) is 53.1 Å². The summed E-state index contributed by atoms with van der Waals surface area (Å²) < 4.78 is 0. The van der Waals surface area contributed by atoms with Crippen LogP contribution in [-0.4, -0.2) is 18.4 Å². The largest absolute Gasteiger partial charge is 0.384 e. The van der Waals surface area contributed by atoms with Crippen LogP contribution < -0.4 is 10.6 Å². The molecule has 1 aliphatic carbocycles. The van der Waals surface area contributed by atoms with Gasteiger partial charge < -0.3 is 10.6 Å². The second-order valence-corrected chi connectivity index (χ2v) is 6.36. The zero-order chi connectivity index (χ0) is 14.1. The number of rotatable bonds is 2. The standard InChI is InChI=1S/C17H25N3/c1-12-11-14(8-9-15(12)17(18)19)20-10-4-6-13-5-2-3-7-16(13)20/h8-9,11,13,16H,2-7,10H2,1H3,(H3,18,19)/t13-,16-/m1/s1. The molecule has 0 radical (unpaired) electrons. The molecular weight excluding hydrogens is 246 g/mol. The normalized spacial score (nSPS) is 26.1. The highest BCUT2D eigenvalue weighted by molar-refractivity contribution is 5.96. The van der Waals surface area contributed by atoms with Crippen molar-refractivity contribution in [3.8, 4) is 0 Å². The fourth-order valence-electron chi connectivity index (χ4n) is 4.07. The summed E-state index contributed by atoms with van der Waals surface area (Å²) in [5.41, 5.74) is 8.93. The van der Waals surface area contributed by atoms with Gasteiger partial charge in [-0.05, 0) is 62.3 Å². The fraction of sp³-hybridized carbons (Fsp3) is 0.588. The average Bonchev–Trinajstić information content (AvgIpc) is 2.46. The Hall–Kier alpha value is -1.51. The molecule has 0 spiro atoms. The molecule has 3 nitrogen and oxygen atoms in total. The van der Waals surface area contributed by atoms with Crippen LogP contribution in [0.5, 0.6) is 0 Å². The van der Waals surface area contributed by atoms with Gasteiger partial charge in [0.15, 0.2) is 0 Å². The number of nitrogens with two attached hydrogens (primary N) is 1. The van der Waals surface area contributed by atoms with Gasteiger partial charge >= 0.3 is 0 Å². The summed E-state index contributed by atoms with van der Waals surface area (Å²) in [5, 5.41) is 7.60. The molecule has 1 heterocycles. The Balaban J connectivity index is 1.87. The first-order valence-corrected chi connectivity index (χ1v) is 7.88. The zero-order valence-corrected chi connectivity index (χ0v) is 12.4. The minimum Gasteiger partial charge on any atom is -0.384 e. The molecule has 3 rings (SSSR count). The highest BCUT2D eigenvalue weighted by Crippen LogP contribution is 2.38. The quantitative estimate of drug-likeness (QED) is 0.639. The maximum atomic E-state index is 7.60. The number of hydrogen-bond acceptors (Lipinski definition) is 2. The summed E-state index contributed by atoms with van der Waals surface area (Å²) in [6.07, 6.45) is 8.27. The third-order valence-corrected chi connectivity index (χ3v) is 5.08. The van der Waals surface area contributed by atoms with Crippen LogP contribution in [0.25, 0.3) is 0 Å². The lowest BCUT2D eigenvalue weighted by molar-refractivity contribution is 0.244. The Morgan fingerprint density at radius 3 is 2.70 bits per heavy atom. The van der Waals surface area contributed by atoms with Crippen LogP contribution in [0.4, 0.5) is 5.69 Å². The maximum absolute atomic E-state index is 7.60. The van der Waals surface area contributed by atoms with Crippen molar-refractivity contribution in [2.24, 2.45) is 11.7 Å².